The number of hydrogen-bond acceptors (Lipinski definition) is 0. The predicted molar refractivity (Wildman–Crippen MR) is 35.1 cm³/mol. The Bertz CT molecular complexity index is 123. The van der Waals surface area contributed by atoms with Crippen molar-refractivity contribution in [1.29, 1.82) is 0 Å². The zero-order valence-corrected chi connectivity index (χ0v) is 6.29. The van der Waals surface area contributed by atoms with Crippen molar-refractivity contribution >= 4 is 0 Å². The molecule has 0 nitrogen and oxygen atoms in total. The molecule has 0 aromatic heterocycles. The Labute approximate surface area is 67.0 Å². The predicted octanol–water partition coefficient (Wildman–Crippen LogP) is 2.29. The average molecular weight is 165 g/mol. The standard InChI is InChI=1S/C8H10.Ni/c1-2-8-6-4-3-5-7-8;/h4,7H,1-3,5H2;/q-2;+2. The Kier molecular flexibility index (Phi) is 4.80. The summed E-state index contributed by atoms with van der Waals surface area (Å²) in [5, 5.41) is 0. The van der Waals surface area contributed by atoms with E-state index in [2.05, 4.69) is 25.2 Å². The molecule has 0 radical (unpaired) electrons. The monoisotopic (exact) mass is 164 g/mol. The van der Waals surface area contributed by atoms with Gasteiger partial charge in [0.25, 0.3) is 0 Å². The van der Waals surface area contributed by atoms with Crippen LogP contribution in [-0.2, 0) is 16.5 Å². The van der Waals surface area contributed by atoms with E-state index >= 15 is 0 Å². The zero-order chi connectivity index (χ0) is 5.82. The molecular weight excluding hydrogens is 155 g/mol. The number of allylic oxidation sites excluding steroid dienone is 4. The van der Waals surface area contributed by atoms with Crippen molar-refractivity contribution in [2.75, 3.05) is 0 Å². The second-order valence-electron chi connectivity index (χ2n) is 1.91. The van der Waals surface area contributed by atoms with Gasteiger partial charge >= 0.3 is 16.5 Å². The van der Waals surface area contributed by atoms with Crippen molar-refractivity contribution in [2.24, 2.45) is 0 Å². The van der Waals surface area contributed by atoms with Gasteiger partial charge in [-0.25, -0.2) is 6.08 Å². The van der Waals surface area contributed by atoms with Crippen molar-refractivity contribution in [1.82, 2.24) is 0 Å². The van der Waals surface area contributed by atoms with Gasteiger partial charge < -0.3 is 6.92 Å². The van der Waals surface area contributed by atoms with Crippen LogP contribution in [0.2, 0.25) is 0 Å². The molecule has 0 heterocycles. The summed E-state index contributed by atoms with van der Waals surface area (Å²) in [5.41, 5.74) is 1.26. The molecule has 0 aromatic rings. The van der Waals surface area contributed by atoms with E-state index < -0.39 is 0 Å². The molecule has 1 aliphatic rings. The molecule has 9 heavy (non-hydrogen) atoms. The van der Waals surface area contributed by atoms with Gasteiger partial charge in [-0.15, -0.1) is 0 Å². The summed E-state index contributed by atoms with van der Waals surface area (Å²) in [7, 11) is 0. The fraction of sp³-hybridized carbons (Fsp3) is 0.375. The minimum Gasteiger partial charge on any atom is -0.342 e. The fourth-order valence-electron chi connectivity index (χ4n) is 0.777. The maximum absolute atomic E-state index is 3.76. The molecular formula is C8H10Ni. The smallest absolute Gasteiger partial charge is 0.342 e. The molecule has 1 rings (SSSR count). The molecule has 0 unspecified atom stereocenters. The largest absolute Gasteiger partial charge is 2.00 e. The minimum atomic E-state index is 0. The van der Waals surface area contributed by atoms with Gasteiger partial charge in [0.15, 0.2) is 0 Å². The van der Waals surface area contributed by atoms with Crippen LogP contribution < -0.4 is 0 Å². The molecule has 0 aromatic carbocycles. The van der Waals surface area contributed by atoms with Crippen LogP contribution in [0.15, 0.2) is 17.7 Å². The van der Waals surface area contributed by atoms with Crippen LogP contribution in [0.4, 0.5) is 0 Å². The third-order valence-corrected chi connectivity index (χ3v) is 1.26. The summed E-state index contributed by atoms with van der Waals surface area (Å²) in [6.07, 6.45) is 10.6. The van der Waals surface area contributed by atoms with Crippen LogP contribution in [0.1, 0.15) is 19.3 Å². The summed E-state index contributed by atoms with van der Waals surface area (Å²) >= 11 is 0. The molecule has 0 saturated heterocycles. The molecule has 0 amide bonds. The molecule has 0 fully saturated rings. The topological polar surface area (TPSA) is 0 Å². The second kappa shape index (κ2) is 4.82. The van der Waals surface area contributed by atoms with Gasteiger partial charge in [0.2, 0.25) is 0 Å². The van der Waals surface area contributed by atoms with Gasteiger partial charge in [-0.05, 0) is 0 Å². The van der Waals surface area contributed by atoms with Crippen LogP contribution in [0.5, 0.6) is 0 Å². The van der Waals surface area contributed by atoms with E-state index in [1.807, 2.05) is 0 Å². The SMILES string of the molecule is [CH2-]CC1=CCCC=[C-]1.[Ni+2]. The van der Waals surface area contributed by atoms with Gasteiger partial charge in [0, 0.05) is 0 Å². The van der Waals surface area contributed by atoms with Gasteiger partial charge in [0.05, 0.1) is 0 Å². The fourth-order valence-corrected chi connectivity index (χ4v) is 0.777. The van der Waals surface area contributed by atoms with Crippen molar-refractivity contribution in [3.8, 4) is 0 Å². The maximum Gasteiger partial charge on any atom is 2.00 e. The first-order valence-electron chi connectivity index (χ1n) is 3.00. The summed E-state index contributed by atoms with van der Waals surface area (Å²) in [6, 6.07) is 0. The first-order valence-corrected chi connectivity index (χ1v) is 3.00. The van der Waals surface area contributed by atoms with Gasteiger partial charge in [-0.2, -0.15) is 12.5 Å². The van der Waals surface area contributed by atoms with E-state index in [1.165, 1.54) is 12.0 Å². The van der Waals surface area contributed by atoms with E-state index in [9.17, 15) is 0 Å². The molecule has 0 N–H and O–H groups in total. The van der Waals surface area contributed by atoms with Crippen molar-refractivity contribution in [2.45, 2.75) is 19.3 Å². The summed E-state index contributed by atoms with van der Waals surface area (Å²) in [6.45, 7) is 3.76. The molecule has 0 bridgehead atoms. The number of hydrogen-bond donors (Lipinski definition) is 0. The molecule has 1 aliphatic carbocycles. The van der Waals surface area contributed by atoms with Gasteiger partial charge in [-0.1, -0.05) is 12.8 Å². The Morgan fingerprint density at radius 1 is 1.56 bits per heavy atom. The maximum atomic E-state index is 3.76. The van der Waals surface area contributed by atoms with Crippen molar-refractivity contribution in [3.05, 3.63) is 30.7 Å². The molecule has 0 aliphatic heterocycles. The van der Waals surface area contributed by atoms with E-state index in [4.69, 9.17) is 0 Å². The van der Waals surface area contributed by atoms with Crippen LogP contribution in [0.25, 0.3) is 0 Å². The quantitative estimate of drug-likeness (QED) is 0.412. The van der Waals surface area contributed by atoms with Crippen LogP contribution in [0, 0.1) is 13.0 Å². The van der Waals surface area contributed by atoms with Gasteiger partial charge in [-0.3, -0.25) is 11.6 Å². The van der Waals surface area contributed by atoms with Crippen molar-refractivity contribution < 1.29 is 16.5 Å². The Balaban J connectivity index is 0.000000640. The molecule has 0 spiro atoms. The van der Waals surface area contributed by atoms with E-state index in [0.29, 0.717) is 0 Å². The average Bonchev–Trinajstić information content (AvgIpc) is 1.90. The third kappa shape index (κ3) is 2.86. The summed E-state index contributed by atoms with van der Waals surface area (Å²) in [4.78, 5) is 0. The zero-order valence-electron chi connectivity index (χ0n) is 5.30. The Morgan fingerprint density at radius 3 is 2.67 bits per heavy atom. The molecule has 52 valence electrons. The van der Waals surface area contributed by atoms with Crippen LogP contribution >= 0.6 is 0 Å². The first kappa shape index (κ1) is 8.97. The van der Waals surface area contributed by atoms with E-state index in [0.717, 1.165) is 12.8 Å². The molecule has 0 saturated carbocycles. The first-order chi connectivity index (χ1) is 3.93. The van der Waals surface area contributed by atoms with Crippen LogP contribution in [-0.4, -0.2) is 0 Å². The molecule has 1 heteroatoms. The van der Waals surface area contributed by atoms with E-state index in [1.54, 1.807) is 0 Å². The minimum absolute atomic E-state index is 0. The Hall–Kier alpha value is -0.0265. The second-order valence-corrected chi connectivity index (χ2v) is 1.91. The van der Waals surface area contributed by atoms with E-state index in [-0.39, 0.29) is 16.5 Å². The summed E-state index contributed by atoms with van der Waals surface area (Å²) < 4.78 is 0. The molecule has 0 atom stereocenters. The number of rotatable bonds is 1. The third-order valence-electron chi connectivity index (χ3n) is 1.26. The Morgan fingerprint density at radius 2 is 2.33 bits per heavy atom. The van der Waals surface area contributed by atoms with Crippen molar-refractivity contribution in [3.63, 3.8) is 0 Å². The van der Waals surface area contributed by atoms with Gasteiger partial charge in [0.1, 0.15) is 0 Å². The van der Waals surface area contributed by atoms with Crippen LogP contribution in [0.3, 0.4) is 0 Å². The normalized spacial score (nSPS) is 16.3. The summed E-state index contributed by atoms with van der Waals surface area (Å²) in [5.74, 6) is 0.